The number of halogens is 2. The van der Waals surface area contributed by atoms with E-state index in [-0.39, 0.29) is 24.1 Å². The molecule has 2 rings (SSSR count). The molecule has 0 spiro atoms. The minimum absolute atomic E-state index is 0.0284. The van der Waals surface area contributed by atoms with E-state index in [2.05, 4.69) is 5.32 Å². The summed E-state index contributed by atoms with van der Waals surface area (Å²) in [7, 11) is 0. The molecule has 0 bridgehead atoms. The Hall–Kier alpha value is -2.02. The summed E-state index contributed by atoms with van der Waals surface area (Å²) in [6.45, 7) is 1.78. The number of ketones is 1. The zero-order valence-electron chi connectivity index (χ0n) is 15.9. The van der Waals surface area contributed by atoms with Gasteiger partial charge in [-0.2, -0.15) is 0 Å². The van der Waals surface area contributed by atoms with Crippen molar-refractivity contribution >= 4 is 52.6 Å². The lowest BCUT2D eigenvalue weighted by Gasteiger charge is -2.07. The lowest BCUT2D eigenvalue weighted by Crippen LogP contribution is -2.21. The molecule has 0 aliphatic carbocycles. The fraction of sp³-hybridized carbons (Fsp3) is 0.286. The molecule has 0 aliphatic rings. The van der Waals surface area contributed by atoms with E-state index < -0.39 is 5.97 Å². The molecule has 2 aromatic rings. The van der Waals surface area contributed by atoms with Gasteiger partial charge in [0.25, 0.3) is 0 Å². The third-order valence-electron chi connectivity index (χ3n) is 3.90. The quantitative estimate of drug-likeness (QED) is 0.246. The smallest absolute Gasteiger partial charge is 0.316 e. The minimum atomic E-state index is -0.506. The number of rotatable bonds is 10. The number of aryl methyl sites for hydroxylation is 1. The first kappa shape index (κ1) is 23.3. The average Bonchev–Trinajstić information content (AvgIpc) is 2.70. The normalized spacial score (nSPS) is 10.4. The molecule has 8 heteroatoms. The van der Waals surface area contributed by atoms with Gasteiger partial charge < -0.3 is 10.1 Å². The van der Waals surface area contributed by atoms with Crippen molar-refractivity contribution in [3.8, 4) is 0 Å². The Morgan fingerprint density at radius 2 is 1.79 bits per heavy atom. The molecule has 154 valence electrons. The van der Waals surface area contributed by atoms with Crippen LogP contribution in [0.15, 0.2) is 47.4 Å². The molecule has 1 N–H and O–H groups in total. The van der Waals surface area contributed by atoms with Crippen LogP contribution in [-0.4, -0.2) is 36.6 Å². The van der Waals surface area contributed by atoms with Crippen LogP contribution >= 0.6 is 35.0 Å². The number of carbonyl (C=O) groups is 3. The minimum Gasteiger partial charge on any atom is -0.457 e. The van der Waals surface area contributed by atoms with Crippen LogP contribution in [0.1, 0.15) is 29.3 Å². The monoisotopic (exact) mass is 453 g/mol. The van der Waals surface area contributed by atoms with E-state index in [1.807, 2.05) is 12.1 Å². The topological polar surface area (TPSA) is 72.5 Å². The second kappa shape index (κ2) is 11.9. The standard InChI is InChI=1S/C21H21Cl2NO4S/c1-14(25)24-10-2-3-15-4-6-16(7-5-15)19(26)12-28-21(27)13-29-20-11-17(22)8-9-18(20)23/h4-9,11H,2-3,10,12-13H2,1H3,(H,24,25). The largest absolute Gasteiger partial charge is 0.457 e. The molecule has 0 unspecified atom stereocenters. The maximum atomic E-state index is 12.2. The van der Waals surface area contributed by atoms with E-state index in [1.54, 1.807) is 30.3 Å². The van der Waals surface area contributed by atoms with E-state index in [9.17, 15) is 14.4 Å². The molecule has 29 heavy (non-hydrogen) atoms. The summed E-state index contributed by atoms with van der Waals surface area (Å²) in [6.07, 6.45) is 1.62. The first-order valence-electron chi connectivity index (χ1n) is 8.95. The highest BCUT2D eigenvalue weighted by Gasteiger charge is 2.12. The van der Waals surface area contributed by atoms with Gasteiger partial charge in [0, 0.05) is 29.0 Å². The summed E-state index contributed by atoms with van der Waals surface area (Å²) in [5.74, 6) is -0.793. The van der Waals surface area contributed by atoms with Crippen molar-refractivity contribution in [1.82, 2.24) is 5.32 Å². The van der Waals surface area contributed by atoms with Crippen LogP contribution in [0, 0.1) is 0 Å². The number of nitrogens with one attached hydrogen (secondary N) is 1. The number of hydrogen-bond donors (Lipinski definition) is 1. The number of Topliss-reactive ketones (excluding diaryl/α,β-unsaturated/α-hetero) is 1. The fourth-order valence-corrected chi connectivity index (χ4v) is 3.70. The van der Waals surface area contributed by atoms with Gasteiger partial charge in [-0.25, -0.2) is 0 Å². The third kappa shape index (κ3) is 8.48. The second-order valence-corrected chi connectivity index (χ2v) is 8.09. The Balaban J connectivity index is 1.74. The molecule has 0 aromatic heterocycles. The summed E-state index contributed by atoms with van der Waals surface area (Å²) < 4.78 is 5.06. The third-order valence-corrected chi connectivity index (χ3v) is 5.60. The summed E-state index contributed by atoms with van der Waals surface area (Å²) in [4.78, 5) is 35.6. The molecule has 0 saturated heterocycles. The molecular formula is C21H21Cl2NO4S. The first-order valence-corrected chi connectivity index (χ1v) is 10.7. The number of carbonyl (C=O) groups excluding carboxylic acids is 3. The number of amides is 1. The highest BCUT2D eigenvalue weighted by Crippen LogP contribution is 2.29. The van der Waals surface area contributed by atoms with Crippen LogP contribution in [0.25, 0.3) is 0 Å². The van der Waals surface area contributed by atoms with Gasteiger partial charge in [-0.15, -0.1) is 11.8 Å². The Morgan fingerprint density at radius 1 is 1.07 bits per heavy atom. The van der Waals surface area contributed by atoms with Crippen molar-refractivity contribution in [2.75, 3.05) is 18.9 Å². The van der Waals surface area contributed by atoms with Crippen molar-refractivity contribution in [2.45, 2.75) is 24.7 Å². The highest BCUT2D eigenvalue weighted by molar-refractivity contribution is 8.00. The zero-order valence-corrected chi connectivity index (χ0v) is 18.2. The summed E-state index contributed by atoms with van der Waals surface area (Å²) in [5, 5.41) is 3.77. The molecule has 0 aliphatic heterocycles. The maximum absolute atomic E-state index is 12.2. The van der Waals surface area contributed by atoms with Crippen molar-refractivity contribution in [3.63, 3.8) is 0 Å². The lowest BCUT2D eigenvalue weighted by atomic mass is 10.1. The van der Waals surface area contributed by atoms with E-state index in [1.165, 1.54) is 18.7 Å². The van der Waals surface area contributed by atoms with Crippen LogP contribution in [0.5, 0.6) is 0 Å². The van der Waals surface area contributed by atoms with Crippen LogP contribution in [0.4, 0.5) is 0 Å². The molecule has 1 amide bonds. The first-order chi connectivity index (χ1) is 13.8. The fourth-order valence-electron chi connectivity index (χ4n) is 2.41. The SMILES string of the molecule is CC(=O)NCCCc1ccc(C(=O)COC(=O)CSc2cc(Cl)ccc2Cl)cc1. The van der Waals surface area contributed by atoms with E-state index in [0.29, 0.717) is 27.0 Å². The molecule has 5 nitrogen and oxygen atoms in total. The number of hydrogen-bond acceptors (Lipinski definition) is 5. The molecule has 2 aromatic carbocycles. The Kier molecular flexibility index (Phi) is 9.51. The predicted molar refractivity (Wildman–Crippen MR) is 116 cm³/mol. The van der Waals surface area contributed by atoms with Gasteiger partial charge in [0.15, 0.2) is 12.4 Å². The van der Waals surface area contributed by atoms with Crippen molar-refractivity contribution in [3.05, 3.63) is 63.6 Å². The summed E-state index contributed by atoms with van der Waals surface area (Å²) in [6, 6.07) is 12.1. The molecule has 0 fully saturated rings. The number of thioether (sulfide) groups is 1. The van der Waals surface area contributed by atoms with Crippen molar-refractivity contribution in [2.24, 2.45) is 0 Å². The van der Waals surface area contributed by atoms with Gasteiger partial charge in [0.05, 0.1) is 10.8 Å². The number of benzene rings is 2. The van der Waals surface area contributed by atoms with Crippen LogP contribution < -0.4 is 5.32 Å². The highest BCUT2D eigenvalue weighted by atomic mass is 35.5. The van der Waals surface area contributed by atoms with Crippen LogP contribution in [0.2, 0.25) is 10.0 Å². The summed E-state index contributed by atoms with van der Waals surface area (Å²) >= 11 is 13.2. The van der Waals surface area contributed by atoms with Gasteiger partial charge >= 0.3 is 5.97 Å². The molecule has 0 heterocycles. The summed E-state index contributed by atoms with van der Waals surface area (Å²) in [5.41, 5.74) is 1.55. The van der Waals surface area contributed by atoms with Gasteiger partial charge in [-0.05, 0) is 36.6 Å². The van der Waals surface area contributed by atoms with Gasteiger partial charge in [-0.1, -0.05) is 47.5 Å². The number of esters is 1. The average molecular weight is 454 g/mol. The second-order valence-electron chi connectivity index (χ2n) is 6.23. The van der Waals surface area contributed by atoms with E-state index in [4.69, 9.17) is 27.9 Å². The van der Waals surface area contributed by atoms with Gasteiger partial charge in [-0.3, -0.25) is 14.4 Å². The lowest BCUT2D eigenvalue weighted by molar-refractivity contribution is -0.139. The Labute approximate surface area is 184 Å². The molecule has 0 radical (unpaired) electrons. The van der Waals surface area contributed by atoms with Crippen LogP contribution in [-0.2, 0) is 20.7 Å². The van der Waals surface area contributed by atoms with Gasteiger partial charge in [0.2, 0.25) is 5.91 Å². The molecule has 0 saturated carbocycles. The predicted octanol–water partition coefficient (Wildman–Crippen LogP) is 4.58. The molecule has 0 atom stereocenters. The van der Waals surface area contributed by atoms with Crippen LogP contribution in [0.3, 0.4) is 0 Å². The van der Waals surface area contributed by atoms with E-state index in [0.717, 1.165) is 18.4 Å². The maximum Gasteiger partial charge on any atom is 0.316 e. The van der Waals surface area contributed by atoms with Crippen molar-refractivity contribution < 1.29 is 19.1 Å². The Morgan fingerprint density at radius 3 is 2.48 bits per heavy atom. The van der Waals surface area contributed by atoms with Crippen molar-refractivity contribution in [1.29, 1.82) is 0 Å². The van der Waals surface area contributed by atoms with E-state index >= 15 is 0 Å². The number of ether oxygens (including phenoxy) is 1. The Bertz CT molecular complexity index is 871. The molecular weight excluding hydrogens is 433 g/mol. The van der Waals surface area contributed by atoms with Gasteiger partial charge in [0.1, 0.15) is 0 Å². The zero-order chi connectivity index (χ0) is 21.2.